The molecule has 4 nitrogen and oxygen atoms in total. The third-order valence-electron chi connectivity index (χ3n) is 4.30. The average Bonchev–Trinajstić information content (AvgIpc) is 2.93. The zero-order valence-corrected chi connectivity index (χ0v) is 14.0. The maximum Gasteiger partial charge on any atom is 0.274 e. The Morgan fingerprint density at radius 3 is 2.67 bits per heavy atom. The molecule has 0 fully saturated rings. The quantitative estimate of drug-likeness (QED) is 0.715. The summed E-state index contributed by atoms with van der Waals surface area (Å²) in [4.78, 5) is 11.5. The maximum atomic E-state index is 11.5. The summed E-state index contributed by atoms with van der Waals surface area (Å²) in [7, 11) is 1.54. The topological polar surface area (TPSA) is 61.4 Å². The van der Waals surface area contributed by atoms with Crippen LogP contribution >= 0.6 is 0 Å². The Morgan fingerprint density at radius 2 is 1.92 bits per heavy atom. The van der Waals surface area contributed by atoms with Gasteiger partial charge < -0.3 is 15.7 Å². The lowest BCUT2D eigenvalue weighted by molar-refractivity contribution is 0.161. The summed E-state index contributed by atoms with van der Waals surface area (Å²) in [6, 6.07) is 15.9. The molecule has 1 amide bonds. The van der Waals surface area contributed by atoms with E-state index < -0.39 is 6.10 Å². The molecular weight excluding hydrogens is 299 g/mol. The minimum atomic E-state index is -0.668. The van der Waals surface area contributed by atoms with Crippen molar-refractivity contribution in [1.82, 2.24) is 5.32 Å². The molecular formula is C19H22BN2O2. The van der Waals surface area contributed by atoms with Crippen LogP contribution in [0.4, 0.5) is 10.5 Å². The number of hydrogen-bond donors (Lipinski definition) is 3. The molecule has 1 aliphatic heterocycles. The summed E-state index contributed by atoms with van der Waals surface area (Å²) in [5.74, 6) is -0.137. The number of anilines is 1. The number of carbonyl (C=O) groups excluding carboxylic acids is 1. The van der Waals surface area contributed by atoms with Crippen molar-refractivity contribution in [2.45, 2.75) is 31.9 Å². The van der Waals surface area contributed by atoms with Gasteiger partial charge in [-0.15, -0.1) is 0 Å². The predicted molar refractivity (Wildman–Crippen MR) is 98.0 cm³/mol. The molecule has 1 heterocycles. The summed E-state index contributed by atoms with van der Waals surface area (Å²) < 4.78 is 0. The first kappa shape index (κ1) is 16.7. The van der Waals surface area contributed by atoms with Crippen LogP contribution in [-0.4, -0.2) is 30.3 Å². The molecule has 1 radical (unpaired) electrons. The summed E-state index contributed by atoms with van der Waals surface area (Å²) in [5, 5.41) is 16.8. The molecule has 0 bridgehead atoms. The molecule has 2 aromatic carbocycles. The molecule has 1 atom stereocenters. The number of amides is 1. The van der Waals surface area contributed by atoms with Gasteiger partial charge in [0.15, 0.2) is 5.81 Å². The summed E-state index contributed by atoms with van der Waals surface area (Å²) in [6.07, 6.45) is 0.207. The van der Waals surface area contributed by atoms with Crippen molar-refractivity contribution in [2.75, 3.05) is 11.9 Å². The zero-order chi connectivity index (χ0) is 17.2. The van der Waals surface area contributed by atoms with Gasteiger partial charge in [-0.1, -0.05) is 42.5 Å². The zero-order valence-electron chi connectivity index (χ0n) is 14.0. The highest BCUT2D eigenvalue weighted by molar-refractivity contribution is 6.89. The minimum Gasteiger partial charge on any atom is -0.387 e. The fourth-order valence-corrected chi connectivity index (χ4v) is 3.10. The van der Waals surface area contributed by atoms with Gasteiger partial charge in [0, 0.05) is 17.8 Å². The average molecular weight is 321 g/mol. The molecule has 24 heavy (non-hydrogen) atoms. The predicted octanol–water partition coefficient (Wildman–Crippen LogP) is 2.21. The second-order valence-corrected chi connectivity index (χ2v) is 6.89. The Bertz CT molecular complexity index is 731. The van der Waals surface area contributed by atoms with Crippen LogP contribution < -0.4 is 16.1 Å². The number of aliphatic hydroxyl groups is 1. The highest BCUT2D eigenvalue weighted by atomic mass is 16.3. The van der Waals surface area contributed by atoms with E-state index in [2.05, 4.69) is 36.6 Å². The van der Waals surface area contributed by atoms with Crippen molar-refractivity contribution >= 4 is 24.2 Å². The third-order valence-corrected chi connectivity index (χ3v) is 4.30. The van der Waals surface area contributed by atoms with E-state index >= 15 is 0 Å². The van der Waals surface area contributed by atoms with Crippen LogP contribution in [0.1, 0.15) is 31.1 Å². The highest BCUT2D eigenvalue weighted by Crippen LogP contribution is 2.19. The summed E-state index contributed by atoms with van der Waals surface area (Å²) in [5.41, 5.74) is 3.44. The first-order valence-corrected chi connectivity index (χ1v) is 8.20. The van der Waals surface area contributed by atoms with E-state index in [0.717, 1.165) is 23.1 Å². The Balaban J connectivity index is 1.65. The van der Waals surface area contributed by atoms with Crippen LogP contribution in [0, 0.1) is 0 Å². The molecule has 1 unspecified atom stereocenters. The number of hydrogen-bond acceptors (Lipinski definition) is 3. The van der Waals surface area contributed by atoms with Crippen LogP contribution in [0.3, 0.4) is 0 Å². The minimum absolute atomic E-state index is 0.137. The molecule has 0 saturated carbocycles. The number of nitrogens with one attached hydrogen (secondary N) is 2. The van der Waals surface area contributed by atoms with Crippen LogP contribution in [0.2, 0.25) is 0 Å². The second-order valence-electron chi connectivity index (χ2n) is 6.89. The standard InChI is InChI=1S/C19H22BN2O2/c1-19(2,11-13-7-4-3-5-8-13)21-12-16(23)14-9-6-10-15-17(14)20-18(24)22-15/h3-10,16,21,23H,11-12H2,1-2H3,(H,22,24). The lowest BCUT2D eigenvalue weighted by Gasteiger charge is -2.28. The van der Waals surface area contributed by atoms with E-state index in [1.165, 1.54) is 5.56 Å². The molecule has 0 saturated heterocycles. The van der Waals surface area contributed by atoms with Gasteiger partial charge in [-0.05, 0) is 42.9 Å². The molecule has 2 aromatic rings. The molecule has 5 heteroatoms. The molecule has 3 rings (SSSR count). The maximum absolute atomic E-state index is 11.5. The van der Waals surface area contributed by atoms with Crippen molar-refractivity contribution < 1.29 is 9.90 Å². The lowest BCUT2D eigenvalue weighted by Crippen LogP contribution is -2.44. The molecule has 0 aromatic heterocycles. The molecule has 3 N–H and O–H groups in total. The van der Waals surface area contributed by atoms with Gasteiger partial charge in [0.2, 0.25) is 0 Å². The first-order chi connectivity index (χ1) is 11.4. The van der Waals surface area contributed by atoms with Crippen molar-refractivity contribution in [3.8, 4) is 0 Å². The highest BCUT2D eigenvalue weighted by Gasteiger charge is 2.26. The Hall–Kier alpha value is -2.11. The van der Waals surface area contributed by atoms with Gasteiger partial charge in [-0.25, -0.2) is 0 Å². The number of fused-ring (bicyclic) bond motifs is 1. The smallest absolute Gasteiger partial charge is 0.274 e. The van der Waals surface area contributed by atoms with Gasteiger partial charge in [0.1, 0.15) is 0 Å². The molecule has 123 valence electrons. The number of rotatable bonds is 6. The number of aliphatic hydroxyl groups excluding tert-OH is 1. The van der Waals surface area contributed by atoms with Gasteiger partial charge in [-0.3, -0.25) is 4.79 Å². The van der Waals surface area contributed by atoms with Crippen molar-refractivity contribution in [1.29, 1.82) is 0 Å². The first-order valence-electron chi connectivity index (χ1n) is 8.20. The van der Waals surface area contributed by atoms with Crippen LogP contribution in [0.15, 0.2) is 48.5 Å². The normalized spacial score (nSPS) is 14.7. The van der Waals surface area contributed by atoms with E-state index in [4.69, 9.17) is 0 Å². The Kier molecular flexibility index (Phi) is 4.74. The van der Waals surface area contributed by atoms with Crippen molar-refractivity contribution in [3.63, 3.8) is 0 Å². The molecule has 0 aliphatic carbocycles. The third kappa shape index (κ3) is 3.86. The largest absolute Gasteiger partial charge is 0.387 e. The van der Waals surface area contributed by atoms with Gasteiger partial charge >= 0.3 is 0 Å². The van der Waals surface area contributed by atoms with E-state index in [9.17, 15) is 9.90 Å². The van der Waals surface area contributed by atoms with Crippen molar-refractivity contribution in [3.05, 3.63) is 59.7 Å². The van der Waals surface area contributed by atoms with Crippen LogP contribution in [0.5, 0.6) is 0 Å². The fourth-order valence-electron chi connectivity index (χ4n) is 3.10. The SMILES string of the molecule is CC(C)(Cc1ccccc1)NCC(O)c1cccc2c1[B]C(=O)N2. The fraction of sp³-hybridized carbons (Fsp3) is 0.316. The van der Waals surface area contributed by atoms with E-state index in [0.29, 0.717) is 6.54 Å². The van der Waals surface area contributed by atoms with Gasteiger partial charge in [-0.2, -0.15) is 0 Å². The lowest BCUT2D eigenvalue weighted by atomic mass is 9.69. The Labute approximate surface area is 143 Å². The molecule has 0 spiro atoms. The van der Waals surface area contributed by atoms with E-state index in [-0.39, 0.29) is 11.3 Å². The van der Waals surface area contributed by atoms with Crippen molar-refractivity contribution in [2.24, 2.45) is 0 Å². The van der Waals surface area contributed by atoms with Gasteiger partial charge in [0.25, 0.3) is 7.28 Å². The van der Waals surface area contributed by atoms with Gasteiger partial charge in [0.05, 0.1) is 6.10 Å². The van der Waals surface area contributed by atoms with Crippen LogP contribution in [0.25, 0.3) is 0 Å². The van der Waals surface area contributed by atoms with E-state index in [1.807, 2.05) is 36.4 Å². The number of carbonyl (C=O) groups is 1. The molecule has 1 aliphatic rings. The second kappa shape index (κ2) is 6.79. The Morgan fingerprint density at radius 1 is 1.17 bits per heavy atom. The summed E-state index contributed by atoms with van der Waals surface area (Å²) >= 11 is 0. The van der Waals surface area contributed by atoms with Crippen LogP contribution in [-0.2, 0) is 6.42 Å². The van der Waals surface area contributed by atoms with E-state index in [1.54, 1.807) is 7.28 Å². The summed E-state index contributed by atoms with van der Waals surface area (Å²) in [6.45, 7) is 4.68. The number of benzene rings is 2. The monoisotopic (exact) mass is 321 g/mol. The number of β-amino-alcohol motifs (C(OH)–C–C–N with tert-alkyl or cyclic N) is 1.